The van der Waals surface area contributed by atoms with Crippen LogP contribution in [0.5, 0.6) is 0 Å². The lowest BCUT2D eigenvalue weighted by molar-refractivity contribution is 0.00821. The average Bonchev–Trinajstić information content (AvgIpc) is 3.21. The predicted molar refractivity (Wildman–Crippen MR) is 107 cm³/mol. The molecule has 0 radical (unpaired) electrons. The molecule has 0 saturated carbocycles. The smallest absolute Gasteiger partial charge is 0.274 e. The summed E-state index contributed by atoms with van der Waals surface area (Å²) in [6, 6.07) is 6.96. The SMILES string of the molecule is CCc1ccc(C(=O)N2CCC3(CC2)c2ccc(C(F)C(F)F)n2CCN3C)nc1. The van der Waals surface area contributed by atoms with E-state index >= 15 is 0 Å². The minimum absolute atomic E-state index is 0.0474. The van der Waals surface area contributed by atoms with Crippen molar-refractivity contribution in [2.24, 2.45) is 0 Å². The Labute approximate surface area is 174 Å². The molecule has 1 amide bonds. The quantitative estimate of drug-likeness (QED) is 0.756. The van der Waals surface area contributed by atoms with Crippen LogP contribution in [0.15, 0.2) is 30.5 Å². The molecule has 162 valence electrons. The number of pyridine rings is 1. The number of hydrogen-bond acceptors (Lipinski definition) is 3. The number of amides is 1. The van der Waals surface area contributed by atoms with Crippen molar-refractivity contribution in [1.82, 2.24) is 19.4 Å². The Morgan fingerprint density at radius 1 is 1.10 bits per heavy atom. The Hall–Kier alpha value is -2.35. The van der Waals surface area contributed by atoms with Crippen molar-refractivity contribution in [3.8, 4) is 0 Å². The van der Waals surface area contributed by atoms with Crippen LogP contribution in [0.4, 0.5) is 13.2 Å². The zero-order valence-electron chi connectivity index (χ0n) is 17.3. The molecule has 0 bridgehead atoms. The van der Waals surface area contributed by atoms with E-state index in [0.29, 0.717) is 44.7 Å². The monoisotopic (exact) mass is 420 g/mol. The molecule has 0 aliphatic carbocycles. The lowest BCUT2D eigenvalue weighted by atomic mass is 9.81. The summed E-state index contributed by atoms with van der Waals surface area (Å²) < 4.78 is 41.8. The molecule has 1 fully saturated rings. The summed E-state index contributed by atoms with van der Waals surface area (Å²) >= 11 is 0. The second-order valence-electron chi connectivity index (χ2n) is 8.18. The van der Waals surface area contributed by atoms with Gasteiger partial charge in [0.25, 0.3) is 12.3 Å². The van der Waals surface area contributed by atoms with Gasteiger partial charge in [0.05, 0.1) is 11.2 Å². The number of aryl methyl sites for hydroxylation is 1. The second kappa shape index (κ2) is 8.06. The van der Waals surface area contributed by atoms with Gasteiger partial charge < -0.3 is 9.47 Å². The Kier molecular flexibility index (Phi) is 5.61. The summed E-state index contributed by atoms with van der Waals surface area (Å²) in [5.74, 6) is -0.0939. The van der Waals surface area contributed by atoms with E-state index in [9.17, 15) is 18.0 Å². The minimum Gasteiger partial charge on any atom is -0.343 e. The van der Waals surface area contributed by atoms with Crippen LogP contribution in [0.2, 0.25) is 0 Å². The van der Waals surface area contributed by atoms with E-state index in [2.05, 4.69) is 9.88 Å². The third-order valence-corrected chi connectivity index (χ3v) is 6.71. The lowest BCUT2D eigenvalue weighted by Gasteiger charge is -2.50. The number of carbonyl (C=O) groups is 1. The van der Waals surface area contributed by atoms with E-state index < -0.39 is 12.6 Å². The second-order valence-corrected chi connectivity index (χ2v) is 8.18. The molecule has 8 heteroatoms. The van der Waals surface area contributed by atoms with Crippen LogP contribution in [0.1, 0.15) is 53.4 Å². The average molecular weight is 420 g/mol. The standard InChI is InChI=1S/C22H27F3N4O/c1-3-15-4-5-16(26-14-15)21(30)28-10-8-22(9-11-28)18-7-6-17(19(23)20(24)25)29(18)13-12-27(22)2/h4-7,14,19-20H,3,8-13H2,1-2H3. The van der Waals surface area contributed by atoms with Crippen LogP contribution in [-0.4, -0.2) is 58.4 Å². The van der Waals surface area contributed by atoms with Crippen LogP contribution in [0.25, 0.3) is 0 Å². The molecule has 1 spiro atoms. The molecule has 1 saturated heterocycles. The van der Waals surface area contributed by atoms with Crippen molar-refractivity contribution < 1.29 is 18.0 Å². The number of piperidine rings is 1. The number of aromatic nitrogens is 2. The molecule has 30 heavy (non-hydrogen) atoms. The third-order valence-electron chi connectivity index (χ3n) is 6.71. The molecule has 0 N–H and O–H groups in total. The Morgan fingerprint density at radius 2 is 1.83 bits per heavy atom. The van der Waals surface area contributed by atoms with Gasteiger partial charge in [0.15, 0.2) is 0 Å². The van der Waals surface area contributed by atoms with Crippen molar-refractivity contribution in [2.45, 2.75) is 50.9 Å². The van der Waals surface area contributed by atoms with Gasteiger partial charge in [-0.2, -0.15) is 0 Å². The molecule has 4 rings (SSSR count). The maximum atomic E-state index is 14.1. The summed E-state index contributed by atoms with van der Waals surface area (Å²) in [5, 5.41) is 0. The molecule has 2 aromatic heterocycles. The first-order valence-electron chi connectivity index (χ1n) is 10.4. The van der Waals surface area contributed by atoms with Gasteiger partial charge in [0, 0.05) is 38.1 Å². The number of fused-ring (bicyclic) bond motifs is 2. The van der Waals surface area contributed by atoms with Gasteiger partial charge in [-0.3, -0.25) is 14.7 Å². The first-order valence-corrected chi connectivity index (χ1v) is 10.4. The van der Waals surface area contributed by atoms with Gasteiger partial charge >= 0.3 is 0 Å². The number of nitrogens with zero attached hydrogens (tertiary/aromatic N) is 4. The Bertz CT molecular complexity index is 904. The van der Waals surface area contributed by atoms with Gasteiger partial charge in [-0.1, -0.05) is 13.0 Å². The number of rotatable bonds is 4. The van der Waals surface area contributed by atoms with Crippen molar-refractivity contribution >= 4 is 5.91 Å². The fourth-order valence-corrected chi connectivity index (χ4v) is 4.81. The topological polar surface area (TPSA) is 41.4 Å². The summed E-state index contributed by atoms with van der Waals surface area (Å²) in [6.07, 6.45) is -1.39. The molecule has 1 unspecified atom stereocenters. The lowest BCUT2D eigenvalue weighted by Crippen LogP contribution is -2.56. The van der Waals surface area contributed by atoms with E-state index in [1.54, 1.807) is 27.8 Å². The van der Waals surface area contributed by atoms with Gasteiger partial charge in [-0.25, -0.2) is 13.2 Å². The number of likely N-dealkylation sites (tertiary alicyclic amines) is 1. The van der Waals surface area contributed by atoms with Crippen molar-refractivity contribution in [2.75, 3.05) is 26.7 Å². The Morgan fingerprint density at radius 3 is 2.43 bits per heavy atom. The molecule has 2 aromatic rings. The van der Waals surface area contributed by atoms with Gasteiger partial charge in [0.1, 0.15) is 5.69 Å². The normalized spacial score (nSPS) is 19.9. The highest BCUT2D eigenvalue weighted by atomic mass is 19.3. The van der Waals surface area contributed by atoms with E-state index in [4.69, 9.17) is 0 Å². The number of halogens is 3. The van der Waals surface area contributed by atoms with Gasteiger partial charge in [-0.15, -0.1) is 0 Å². The molecule has 0 aromatic carbocycles. The molecular formula is C22H27F3N4O. The van der Waals surface area contributed by atoms with E-state index in [1.807, 2.05) is 20.0 Å². The van der Waals surface area contributed by atoms with E-state index in [-0.39, 0.29) is 17.1 Å². The Balaban J connectivity index is 1.54. The fraction of sp³-hybridized carbons (Fsp3) is 0.545. The summed E-state index contributed by atoms with van der Waals surface area (Å²) in [6.45, 7) is 4.25. The first-order chi connectivity index (χ1) is 14.4. The molecule has 1 atom stereocenters. The maximum Gasteiger partial charge on any atom is 0.274 e. The van der Waals surface area contributed by atoms with Crippen LogP contribution in [-0.2, 0) is 18.5 Å². The summed E-state index contributed by atoms with van der Waals surface area (Å²) in [4.78, 5) is 21.2. The summed E-state index contributed by atoms with van der Waals surface area (Å²) in [7, 11) is 2.01. The van der Waals surface area contributed by atoms with Crippen molar-refractivity contribution in [3.63, 3.8) is 0 Å². The third kappa shape index (κ3) is 3.41. The number of likely N-dealkylation sites (N-methyl/N-ethyl adjacent to an activating group) is 1. The zero-order valence-corrected chi connectivity index (χ0v) is 17.3. The summed E-state index contributed by atoms with van der Waals surface area (Å²) in [5.41, 5.74) is 2.05. The number of carbonyl (C=O) groups excluding carboxylic acids is 1. The van der Waals surface area contributed by atoms with Crippen LogP contribution < -0.4 is 0 Å². The number of alkyl halides is 3. The highest BCUT2D eigenvalue weighted by Gasteiger charge is 2.45. The molecule has 5 nitrogen and oxygen atoms in total. The maximum absolute atomic E-state index is 14.1. The molecular weight excluding hydrogens is 393 g/mol. The highest BCUT2D eigenvalue weighted by Crippen LogP contribution is 2.43. The molecule has 2 aliphatic heterocycles. The van der Waals surface area contributed by atoms with Crippen molar-refractivity contribution in [3.05, 3.63) is 53.1 Å². The molecule has 2 aliphatic rings. The van der Waals surface area contributed by atoms with Crippen LogP contribution in [0, 0.1) is 0 Å². The minimum atomic E-state index is -3.04. The molecule has 4 heterocycles. The van der Waals surface area contributed by atoms with Crippen LogP contribution in [0.3, 0.4) is 0 Å². The number of hydrogen-bond donors (Lipinski definition) is 0. The highest BCUT2D eigenvalue weighted by molar-refractivity contribution is 5.92. The zero-order chi connectivity index (χ0) is 21.5. The van der Waals surface area contributed by atoms with E-state index in [0.717, 1.165) is 17.7 Å². The van der Waals surface area contributed by atoms with Crippen molar-refractivity contribution in [1.29, 1.82) is 0 Å². The van der Waals surface area contributed by atoms with Gasteiger partial charge in [-0.05, 0) is 50.1 Å². The van der Waals surface area contributed by atoms with E-state index in [1.165, 1.54) is 6.07 Å². The van der Waals surface area contributed by atoms with Crippen LogP contribution >= 0.6 is 0 Å². The van der Waals surface area contributed by atoms with Gasteiger partial charge in [0.2, 0.25) is 6.17 Å². The largest absolute Gasteiger partial charge is 0.343 e. The fourth-order valence-electron chi connectivity index (χ4n) is 4.81. The predicted octanol–water partition coefficient (Wildman–Crippen LogP) is 3.80. The first kappa shape index (κ1) is 20.9.